The van der Waals surface area contributed by atoms with E-state index < -0.39 is 0 Å². The Balaban J connectivity index is 2.52. The minimum absolute atomic E-state index is 0.491. The van der Waals surface area contributed by atoms with Crippen LogP contribution in [-0.4, -0.2) is 10.2 Å². The van der Waals surface area contributed by atoms with Crippen LogP contribution in [0.1, 0.15) is 25.3 Å². The Labute approximate surface area is 89.3 Å². The highest BCUT2D eigenvalue weighted by molar-refractivity contribution is 5.66. The molecule has 1 aromatic carbocycles. The van der Waals surface area contributed by atoms with Crippen molar-refractivity contribution in [2.45, 2.75) is 19.8 Å². The summed E-state index contributed by atoms with van der Waals surface area (Å²) in [6, 6.07) is 10.2. The van der Waals surface area contributed by atoms with Crippen LogP contribution in [0.15, 0.2) is 30.3 Å². The third-order valence-electron chi connectivity index (χ3n) is 2.47. The lowest BCUT2D eigenvalue weighted by atomic mass is 9.95. The topological polar surface area (TPSA) is 54.7 Å². The van der Waals surface area contributed by atoms with Gasteiger partial charge in [-0.15, -0.1) is 0 Å². The normalized spacial score (nSPS) is 10.9. The molecule has 0 radical (unpaired) electrons. The lowest BCUT2D eigenvalue weighted by Crippen LogP contribution is -1.91. The van der Waals surface area contributed by atoms with E-state index in [9.17, 15) is 0 Å². The van der Waals surface area contributed by atoms with Crippen molar-refractivity contribution in [2.75, 3.05) is 5.73 Å². The Morgan fingerprint density at radius 3 is 2.60 bits per heavy atom. The molecule has 0 spiro atoms. The SMILES string of the molecule is CC(C)c1ccccc1-c1cc(N)n[nH]1. The average Bonchev–Trinajstić information content (AvgIpc) is 2.65. The third-order valence-corrected chi connectivity index (χ3v) is 2.47. The molecule has 15 heavy (non-hydrogen) atoms. The van der Waals surface area contributed by atoms with Crippen LogP contribution in [0.2, 0.25) is 0 Å². The number of rotatable bonds is 2. The third kappa shape index (κ3) is 1.86. The van der Waals surface area contributed by atoms with E-state index in [4.69, 9.17) is 5.73 Å². The van der Waals surface area contributed by atoms with Gasteiger partial charge in [0.2, 0.25) is 0 Å². The summed E-state index contributed by atoms with van der Waals surface area (Å²) >= 11 is 0. The van der Waals surface area contributed by atoms with Crippen molar-refractivity contribution in [3.8, 4) is 11.3 Å². The summed E-state index contributed by atoms with van der Waals surface area (Å²) in [6.45, 7) is 4.36. The van der Waals surface area contributed by atoms with Crippen LogP contribution in [0.5, 0.6) is 0 Å². The van der Waals surface area contributed by atoms with Crippen molar-refractivity contribution >= 4 is 5.82 Å². The molecule has 2 rings (SSSR count). The lowest BCUT2D eigenvalue weighted by Gasteiger charge is -2.10. The summed E-state index contributed by atoms with van der Waals surface area (Å²) in [5.41, 5.74) is 9.07. The van der Waals surface area contributed by atoms with E-state index in [0.29, 0.717) is 11.7 Å². The van der Waals surface area contributed by atoms with Crippen molar-refractivity contribution < 1.29 is 0 Å². The molecule has 0 saturated heterocycles. The highest BCUT2D eigenvalue weighted by Crippen LogP contribution is 2.28. The lowest BCUT2D eigenvalue weighted by molar-refractivity contribution is 0.867. The first-order chi connectivity index (χ1) is 7.18. The van der Waals surface area contributed by atoms with Gasteiger partial charge in [0.1, 0.15) is 5.82 Å². The van der Waals surface area contributed by atoms with Crippen LogP contribution in [0.4, 0.5) is 5.82 Å². The summed E-state index contributed by atoms with van der Waals surface area (Å²) in [5, 5.41) is 6.89. The molecule has 0 aliphatic carbocycles. The number of nitrogen functional groups attached to an aromatic ring is 1. The number of H-pyrrole nitrogens is 1. The van der Waals surface area contributed by atoms with E-state index in [1.165, 1.54) is 11.1 Å². The van der Waals surface area contributed by atoms with E-state index >= 15 is 0 Å². The first-order valence-electron chi connectivity index (χ1n) is 5.08. The molecule has 1 aromatic heterocycles. The largest absolute Gasteiger partial charge is 0.382 e. The van der Waals surface area contributed by atoms with Crippen LogP contribution in [0.25, 0.3) is 11.3 Å². The average molecular weight is 201 g/mol. The van der Waals surface area contributed by atoms with Gasteiger partial charge in [0, 0.05) is 11.6 Å². The fourth-order valence-electron chi connectivity index (χ4n) is 1.72. The van der Waals surface area contributed by atoms with Gasteiger partial charge in [-0.2, -0.15) is 5.10 Å². The molecule has 0 saturated carbocycles. The zero-order valence-corrected chi connectivity index (χ0v) is 8.99. The van der Waals surface area contributed by atoms with Crippen LogP contribution >= 0.6 is 0 Å². The molecular weight excluding hydrogens is 186 g/mol. The van der Waals surface area contributed by atoms with Gasteiger partial charge < -0.3 is 5.73 Å². The maximum absolute atomic E-state index is 5.60. The van der Waals surface area contributed by atoms with E-state index in [-0.39, 0.29) is 0 Å². The molecular formula is C12H15N3. The quantitative estimate of drug-likeness (QED) is 0.785. The predicted octanol–water partition coefficient (Wildman–Crippen LogP) is 2.78. The number of hydrogen-bond acceptors (Lipinski definition) is 2. The van der Waals surface area contributed by atoms with E-state index in [0.717, 1.165) is 5.69 Å². The fraction of sp³-hybridized carbons (Fsp3) is 0.250. The van der Waals surface area contributed by atoms with Crippen molar-refractivity contribution in [3.05, 3.63) is 35.9 Å². The Bertz CT molecular complexity index is 457. The van der Waals surface area contributed by atoms with Gasteiger partial charge >= 0.3 is 0 Å². The van der Waals surface area contributed by atoms with Gasteiger partial charge in [-0.05, 0) is 11.5 Å². The van der Waals surface area contributed by atoms with Crippen molar-refractivity contribution in [1.82, 2.24) is 10.2 Å². The maximum Gasteiger partial charge on any atom is 0.145 e. The Morgan fingerprint density at radius 2 is 2.00 bits per heavy atom. The second-order valence-electron chi connectivity index (χ2n) is 3.95. The van der Waals surface area contributed by atoms with Crippen LogP contribution in [0, 0.1) is 0 Å². The molecule has 0 aliphatic heterocycles. The van der Waals surface area contributed by atoms with Crippen molar-refractivity contribution in [2.24, 2.45) is 0 Å². The molecule has 3 nitrogen and oxygen atoms in total. The first-order valence-corrected chi connectivity index (χ1v) is 5.08. The summed E-state index contributed by atoms with van der Waals surface area (Å²) in [4.78, 5) is 0. The molecule has 78 valence electrons. The number of aromatic amines is 1. The standard InChI is InChI=1S/C12H15N3/c1-8(2)9-5-3-4-6-10(9)11-7-12(13)15-14-11/h3-8H,1-2H3,(H3,13,14,15). The van der Waals surface area contributed by atoms with Gasteiger partial charge in [0.25, 0.3) is 0 Å². The number of nitrogens with zero attached hydrogens (tertiary/aromatic N) is 1. The Morgan fingerprint density at radius 1 is 1.27 bits per heavy atom. The highest BCUT2D eigenvalue weighted by atomic mass is 15.2. The van der Waals surface area contributed by atoms with Crippen LogP contribution in [0.3, 0.4) is 0 Å². The summed E-state index contributed by atoms with van der Waals surface area (Å²) in [7, 11) is 0. The monoisotopic (exact) mass is 201 g/mol. The Hall–Kier alpha value is -1.77. The molecule has 0 unspecified atom stereocenters. The first kappa shape index (κ1) is 9.77. The molecule has 3 N–H and O–H groups in total. The fourth-order valence-corrected chi connectivity index (χ4v) is 1.72. The molecule has 0 bridgehead atoms. The molecule has 0 aliphatic rings. The number of nitrogens with two attached hydrogens (primary N) is 1. The van der Waals surface area contributed by atoms with Gasteiger partial charge in [-0.25, -0.2) is 0 Å². The van der Waals surface area contributed by atoms with Gasteiger partial charge in [-0.3, -0.25) is 5.10 Å². The minimum atomic E-state index is 0.491. The highest BCUT2D eigenvalue weighted by Gasteiger charge is 2.09. The number of hydrogen-bond donors (Lipinski definition) is 2. The zero-order valence-electron chi connectivity index (χ0n) is 8.99. The summed E-state index contributed by atoms with van der Waals surface area (Å²) in [6.07, 6.45) is 0. The predicted molar refractivity (Wildman–Crippen MR) is 62.5 cm³/mol. The Kier molecular flexibility index (Phi) is 2.46. The van der Waals surface area contributed by atoms with E-state index in [1.54, 1.807) is 0 Å². The molecule has 1 heterocycles. The van der Waals surface area contributed by atoms with Crippen molar-refractivity contribution in [1.29, 1.82) is 0 Å². The van der Waals surface area contributed by atoms with E-state index in [1.807, 2.05) is 12.1 Å². The molecule has 2 aromatic rings. The smallest absolute Gasteiger partial charge is 0.145 e. The van der Waals surface area contributed by atoms with Crippen LogP contribution in [-0.2, 0) is 0 Å². The van der Waals surface area contributed by atoms with Gasteiger partial charge in [0.05, 0.1) is 5.69 Å². The minimum Gasteiger partial charge on any atom is -0.382 e. The van der Waals surface area contributed by atoms with Gasteiger partial charge in [0.15, 0.2) is 0 Å². The number of anilines is 1. The molecule has 0 fully saturated rings. The molecule has 0 atom stereocenters. The van der Waals surface area contributed by atoms with E-state index in [2.05, 4.69) is 42.2 Å². The van der Waals surface area contributed by atoms with Crippen molar-refractivity contribution in [3.63, 3.8) is 0 Å². The van der Waals surface area contributed by atoms with Gasteiger partial charge in [-0.1, -0.05) is 38.1 Å². The number of nitrogens with one attached hydrogen (secondary N) is 1. The summed E-state index contributed by atoms with van der Waals surface area (Å²) < 4.78 is 0. The number of aromatic nitrogens is 2. The summed E-state index contributed by atoms with van der Waals surface area (Å²) in [5.74, 6) is 1.02. The van der Waals surface area contributed by atoms with Crippen LogP contribution < -0.4 is 5.73 Å². The molecule has 3 heteroatoms. The number of benzene rings is 1. The second-order valence-corrected chi connectivity index (χ2v) is 3.95. The molecule has 0 amide bonds. The maximum atomic E-state index is 5.60. The second kappa shape index (κ2) is 3.77. The zero-order chi connectivity index (χ0) is 10.8.